The van der Waals surface area contributed by atoms with E-state index in [-0.39, 0.29) is 17.8 Å². The van der Waals surface area contributed by atoms with E-state index in [2.05, 4.69) is 5.10 Å². The predicted octanol–water partition coefficient (Wildman–Crippen LogP) is 2.95. The molecule has 1 unspecified atom stereocenters. The van der Waals surface area contributed by atoms with Crippen molar-refractivity contribution in [2.24, 2.45) is 5.73 Å². The lowest BCUT2D eigenvalue weighted by molar-refractivity contribution is 0.0753. The van der Waals surface area contributed by atoms with Gasteiger partial charge in [-0.2, -0.15) is 5.10 Å². The van der Waals surface area contributed by atoms with Crippen LogP contribution < -0.4 is 5.73 Å². The molecule has 0 radical (unpaired) electrons. The first-order valence-electron chi connectivity index (χ1n) is 7.64. The Kier molecular flexibility index (Phi) is 4.38. The number of halogens is 1. The van der Waals surface area contributed by atoms with E-state index in [0.717, 1.165) is 21.6 Å². The van der Waals surface area contributed by atoms with Crippen molar-refractivity contribution in [1.82, 2.24) is 14.7 Å². The number of hydrogen-bond donors (Lipinski definition) is 1. The summed E-state index contributed by atoms with van der Waals surface area (Å²) in [6, 6.07) is 7.97. The predicted molar refractivity (Wildman–Crippen MR) is 94.3 cm³/mol. The van der Waals surface area contributed by atoms with Crippen LogP contribution in [0.4, 0.5) is 4.39 Å². The summed E-state index contributed by atoms with van der Waals surface area (Å²) < 4.78 is 14.9. The Bertz CT molecular complexity index is 884. The Morgan fingerprint density at radius 2 is 2.08 bits per heavy atom. The van der Waals surface area contributed by atoms with E-state index in [1.165, 1.54) is 23.5 Å². The van der Waals surface area contributed by atoms with Crippen LogP contribution in [0, 0.1) is 12.7 Å². The number of nitrogens with zero attached hydrogens (tertiary/aromatic N) is 3. The second-order valence-electron chi connectivity index (χ2n) is 5.80. The monoisotopic (exact) mass is 346 g/mol. The number of aromatic nitrogens is 2. The Morgan fingerprint density at radius 1 is 1.42 bits per heavy atom. The van der Waals surface area contributed by atoms with Crippen LogP contribution in [0.15, 0.2) is 30.3 Å². The Labute approximate surface area is 143 Å². The van der Waals surface area contributed by atoms with E-state index in [9.17, 15) is 9.18 Å². The first kappa shape index (κ1) is 16.6. The first-order valence-corrected chi connectivity index (χ1v) is 8.46. The van der Waals surface area contributed by atoms with Gasteiger partial charge in [-0.05, 0) is 44.2 Å². The molecule has 1 atom stereocenters. The lowest BCUT2D eigenvalue weighted by Gasteiger charge is -2.22. The van der Waals surface area contributed by atoms with Gasteiger partial charge >= 0.3 is 0 Å². The van der Waals surface area contributed by atoms with Crippen LogP contribution in [-0.2, 0) is 0 Å². The van der Waals surface area contributed by atoms with Crippen LogP contribution in [0.5, 0.6) is 0 Å². The zero-order valence-corrected chi connectivity index (χ0v) is 14.6. The van der Waals surface area contributed by atoms with Gasteiger partial charge in [-0.25, -0.2) is 9.07 Å². The van der Waals surface area contributed by atoms with Gasteiger partial charge in [0.15, 0.2) is 0 Å². The molecule has 2 N–H and O–H groups in total. The molecule has 0 saturated heterocycles. The second-order valence-corrected chi connectivity index (χ2v) is 6.83. The number of carbonyl (C=O) groups is 1. The maximum Gasteiger partial charge on any atom is 0.264 e. The summed E-state index contributed by atoms with van der Waals surface area (Å²) in [4.78, 5) is 15.8. The molecule has 0 spiro atoms. The normalized spacial score (nSPS) is 12.5. The molecule has 2 heterocycles. The van der Waals surface area contributed by atoms with Gasteiger partial charge in [0.25, 0.3) is 5.91 Å². The minimum absolute atomic E-state index is 0.0302. The standard InChI is InChI=1S/C17H19FN4OS/c1-10(9-19)21(3)16(23)15-8-14-11(2)20-22(17(14)24-15)13-6-4-12(18)5-7-13/h4-8,10H,9,19H2,1-3H3. The fourth-order valence-electron chi connectivity index (χ4n) is 2.44. The molecule has 0 aliphatic carbocycles. The number of fused-ring (bicyclic) bond motifs is 1. The Morgan fingerprint density at radius 3 is 2.71 bits per heavy atom. The number of hydrogen-bond acceptors (Lipinski definition) is 4. The SMILES string of the molecule is Cc1nn(-c2ccc(F)cc2)c2sc(C(=O)N(C)C(C)CN)cc12. The highest BCUT2D eigenvalue weighted by molar-refractivity contribution is 7.20. The summed E-state index contributed by atoms with van der Waals surface area (Å²) in [5, 5.41) is 5.44. The van der Waals surface area contributed by atoms with E-state index in [4.69, 9.17) is 5.73 Å². The first-order chi connectivity index (χ1) is 11.4. The third-order valence-corrected chi connectivity index (χ3v) is 5.25. The van der Waals surface area contributed by atoms with Crippen molar-refractivity contribution >= 4 is 27.5 Å². The average molecular weight is 346 g/mol. The third kappa shape index (κ3) is 2.81. The van der Waals surface area contributed by atoms with E-state index in [1.807, 2.05) is 19.9 Å². The molecule has 3 aromatic rings. The van der Waals surface area contributed by atoms with Crippen molar-refractivity contribution in [2.75, 3.05) is 13.6 Å². The molecule has 5 nitrogen and oxygen atoms in total. The average Bonchev–Trinajstić information content (AvgIpc) is 3.14. The summed E-state index contributed by atoms with van der Waals surface area (Å²) in [5.41, 5.74) is 7.24. The van der Waals surface area contributed by atoms with Gasteiger partial charge in [0.1, 0.15) is 10.6 Å². The molecule has 3 rings (SSSR count). The second kappa shape index (κ2) is 6.33. The zero-order chi connectivity index (χ0) is 17.4. The smallest absolute Gasteiger partial charge is 0.264 e. The summed E-state index contributed by atoms with van der Waals surface area (Å²) in [6.07, 6.45) is 0. The molecule has 0 aliphatic rings. The molecule has 7 heteroatoms. The van der Waals surface area contributed by atoms with Crippen molar-refractivity contribution in [3.8, 4) is 5.69 Å². The number of amides is 1. The minimum atomic E-state index is -0.293. The van der Waals surface area contributed by atoms with Gasteiger partial charge in [0.05, 0.1) is 16.3 Å². The van der Waals surface area contributed by atoms with Crippen molar-refractivity contribution in [1.29, 1.82) is 0 Å². The maximum absolute atomic E-state index is 13.1. The van der Waals surface area contributed by atoms with Crippen LogP contribution in [-0.4, -0.2) is 40.2 Å². The van der Waals surface area contributed by atoms with Crippen molar-refractivity contribution in [3.63, 3.8) is 0 Å². The number of benzene rings is 1. The van der Waals surface area contributed by atoms with Crippen LogP contribution in [0.3, 0.4) is 0 Å². The molecule has 0 saturated carbocycles. The van der Waals surface area contributed by atoms with Gasteiger partial charge < -0.3 is 10.6 Å². The van der Waals surface area contributed by atoms with Crippen LogP contribution in [0.1, 0.15) is 22.3 Å². The maximum atomic E-state index is 13.1. The molecule has 2 aromatic heterocycles. The molecule has 126 valence electrons. The molecular weight excluding hydrogens is 327 g/mol. The highest BCUT2D eigenvalue weighted by Crippen LogP contribution is 2.31. The van der Waals surface area contributed by atoms with Crippen LogP contribution in [0.25, 0.3) is 15.9 Å². The van der Waals surface area contributed by atoms with Gasteiger partial charge in [-0.3, -0.25) is 4.79 Å². The summed E-state index contributed by atoms with van der Waals surface area (Å²) in [7, 11) is 1.75. The zero-order valence-electron chi connectivity index (χ0n) is 13.8. The number of nitrogens with two attached hydrogens (primary N) is 1. The number of rotatable bonds is 4. The number of aryl methyl sites for hydroxylation is 1. The lowest BCUT2D eigenvalue weighted by atomic mass is 10.2. The summed E-state index contributed by atoms with van der Waals surface area (Å²) in [6.45, 7) is 4.22. The molecule has 1 aromatic carbocycles. The molecule has 0 aliphatic heterocycles. The molecule has 0 bridgehead atoms. The van der Waals surface area contributed by atoms with Gasteiger partial charge in [-0.15, -0.1) is 11.3 Å². The Hall–Kier alpha value is -2.25. The summed E-state index contributed by atoms with van der Waals surface area (Å²) >= 11 is 1.38. The fourth-order valence-corrected chi connectivity index (χ4v) is 3.61. The van der Waals surface area contributed by atoms with Gasteiger partial charge in [0, 0.05) is 25.0 Å². The van der Waals surface area contributed by atoms with Gasteiger partial charge in [0.2, 0.25) is 0 Å². The van der Waals surface area contributed by atoms with Crippen molar-refractivity contribution < 1.29 is 9.18 Å². The number of thiophene rings is 1. The molecule has 0 fully saturated rings. The minimum Gasteiger partial charge on any atom is -0.337 e. The van der Waals surface area contributed by atoms with Gasteiger partial charge in [-0.1, -0.05) is 0 Å². The number of likely N-dealkylation sites (N-methyl/N-ethyl adjacent to an activating group) is 1. The van der Waals surface area contributed by atoms with E-state index in [0.29, 0.717) is 11.4 Å². The lowest BCUT2D eigenvalue weighted by Crippen LogP contribution is -2.39. The van der Waals surface area contributed by atoms with E-state index < -0.39 is 0 Å². The van der Waals surface area contributed by atoms with Crippen molar-refractivity contribution in [3.05, 3.63) is 46.7 Å². The fraction of sp³-hybridized carbons (Fsp3) is 0.294. The Balaban J connectivity index is 2.04. The van der Waals surface area contributed by atoms with E-state index in [1.54, 1.807) is 28.8 Å². The number of carbonyl (C=O) groups excluding carboxylic acids is 1. The molecule has 1 amide bonds. The molecular formula is C17H19FN4OS. The highest BCUT2D eigenvalue weighted by Gasteiger charge is 2.21. The third-order valence-electron chi connectivity index (χ3n) is 4.15. The topological polar surface area (TPSA) is 64.2 Å². The summed E-state index contributed by atoms with van der Waals surface area (Å²) in [5.74, 6) is -0.350. The van der Waals surface area contributed by atoms with Crippen molar-refractivity contribution in [2.45, 2.75) is 19.9 Å². The highest BCUT2D eigenvalue weighted by atomic mass is 32.1. The largest absolute Gasteiger partial charge is 0.337 e. The molecule has 24 heavy (non-hydrogen) atoms. The van der Waals surface area contributed by atoms with Crippen LogP contribution in [0.2, 0.25) is 0 Å². The quantitative estimate of drug-likeness (QED) is 0.790. The van der Waals surface area contributed by atoms with Crippen LogP contribution >= 0.6 is 11.3 Å². The van der Waals surface area contributed by atoms with E-state index >= 15 is 0 Å².